The average Bonchev–Trinajstić information content (AvgIpc) is 3.21. The van der Waals surface area contributed by atoms with Gasteiger partial charge in [0.05, 0.1) is 17.3 Å². The summed E-state index contributed by atoms with van der Waals surface area (Å²) >= 11 is 0. The first-order valence-electron chi connectivity index (χ1n) is 10.1. The second-order valence-electron chi connectivity index (χ2n) is 8.01. The Morgan fingerprint density at radius 1 is 1.16 bits per heavy atom. The van der Waals surface area contributed by atoms with Gasteiger partial charge in [-0.1, -0.05) is 6.07 Å². The number of likely N-dealkylation sites (tertiary alicyclic amines) is 1. The van der Waals surface area contributed by atoms with E-state index >= 15 is 0 Å². The van der Waals surface area contributed by atoms with Crippen LogP contribution in [0.2, 0.25) is 0 Å². The van der Waals surface area contributed by atoms with Gasteiger partial charge >= 0.3 is 0 Å². The van der Waals surface area contributed by atoms with Crippen molar-refractivity contribution in [1.29, 1.82) is 0 Å². The zero-order valence-corrected chi connectivity index (χ0v) is 18.0. The zero-order chi connectivity index (χ0) is 22.3. The number of aliphatic hydroxyl groups excluding tert-OH is 1. The minimum Gasteiger partial charge on any atom is -0.505 e. The van der Waals surface area contributed by atoms with Crippen molar-refractivity contribution in [2.75, 3.05) is 27.2 Å². The van der Waals surface area contributed by atoms with E-state index in [4.69, 9.17) is 0 Å². The molecule has 1 N–H and O–H groups in total. The minimum absolute atomic E-state index is 0.0707. The van der Waals surface area contributed by atoms with Gasteiger partial charge in [-0.05, 0) is 57.3 Å². The van der Waals surface area contributed by atoms with E-state index in [1.807, 2.05) is 38.1 Å². The van der Waals surface area contributed by atoms with E-state index < -0.39 is 17.7 Å². The summed E-state index contributed by atoms with van der Waals surface area (Å²) in [7, 11) is 3.81. The molecule has 0 aromatic carbocycles. The van der Waals surface area contributed by atoms with Crippen LogP contribution in [0.3, 0.4) is 0 Å². The summed E-state index contributed by atoms with van der Waals surface area (Å²) < 4.78 is 1.76. The van der Waals surface area contributed by atoms with Crippen molar-refractivity contribution < 1.29 is 14.7 Å². The Labute approximate surface area is 180 Å². The number of Topliss-reactive ketones (excluding diaryl/α,β-unsaturated/α-hetero) is 1. The van der Waals surface area contributed by atoms with Gasteiger partial charge in [0.25, 0.3) is 11.7 Å². The topological polar surface area (TPSA) is 91.0 Å². The highest BCUT2D eigenvalue weighted by Gasteiger charge is 2.46. The van der Waals surface area contributed by atoms with E-state index in [-0.39, 0.29) is 11.3 Å². The van der Waals surface area contributed by atoms with Crippen LogP contribution in [0, 0.1) is 13.8 Å². The first kappa shape index (κ1) is 20.7. The summed E-state index contributed by atoms with van der Waals surface area (Å²) in [5, 5.41) is 11.4. The molecule has 0 radical (unpaired) electrons. The van der Waals surface area contributed by atoms with Crippen LogP contribution < -0.4 is 0 Å². The molecule has 0 saturated carbocycles. The summed E-state index contributed by atoms with van der Waals surface area (Å²) in [5.74, 6) is -1.53. The molecule has 160 valence electrons. The number of rotatable bonds is 5. The number of aliphatic hydroxyl groups is 1. The predicted molar refractivity (Wildman–Crippen MR) is 116 cm³/mol. The van der Waals surface area contributed by atoms with Crippen molar-refractivity contribution in [2.24, 2.45) is 0 Å². The number of likely N-dealkylation sites (N-methyl/N-ethyl adjacent to an activating group) is 1. The molecule has 1 saturated heterocycles. The molecule has 8 nitrogen and oxygen atoms in total. The third kappa shape index (κ3) is 3.48. The van der Waals surface area contributed by atoms with Gasteiger partial charge in [-0.2, -0.15) is 0 Å². The molecule has 1 atom stereocenters. The van der Waals surface area contributed by atoms with Crippen LogP contribution in [0.5, 0.6) is 0 Å². The van der Waals surface area contributed by atoms with Crippen LogP contribution in [0.4, 0.5) is 0 Å². The predicted octanol–water partition coefficient (Wildman–Crippen LogP) is 2.33. The van der Waals surface area contributed by atoms with E-state index in [0.29, 0.717) is 30.1 Å². The lowest BCUT2D eigenvalue weighted by atomic mass is 9.97. The van der Waals surface area contributed by atoms with Crippen molar-refractivity contribution in [1.82, 2.24) is 24.2 Å². The number of carbonyl (C=O) groups excluding carboxylic acids is 2. The second kappa shape index (κ2) is 7.96. The number of hydrogen-bond donors (Lipinski definition) is 1. The molecule has 31 heavy (non-hydrogen) atoms. The number of nitrogens with zero attached hydrogens (tertiary/aromatic N) is 5. The van der Waals surface area contributed by atoms with Crippen molar-refractivity contribution in [2.45, 2.75) is 19.9 Å². The normalized spacial score (nSPS) is 18.5. The average molecular weight is 419 g/mol. The highest BCUT2D eigenvalue weighted by Crippen LogP contribution is 2.39. The number of ketones is 1. The monoisotopic (exact) mass is 419 g/mol. The molecule has 0 aliphatic carbocycles. The fourth-order valence-electron chi connectivity index (χ4n) is 4.04. The quantitative estimate of drug-likeness (QED) is 0.388. The van der Waals surface area contributed by atoms with Crippen LogP contribution in [0.1, 0.15) is 28.6 Å². The van der Waals surface area contributed by atoms with E-state index in [1.165, 1.54) is 4.90 Å². The van der Waals surface area contributed by atoms with Gasteiger partial charge in [0.1, 0.15) is 11.3 Å². The summed E-state index contributed by atoms with van der Waals surface area (Å²) in [6.07, 6.45) is 5.02. The molecule has 3 aromatic heterocycles. The Bertz CT molecular complexity index is 1200. The molecule has 1 aliphatic rings. The van der Waals surface area contributed by atoms with Crippen LogP contribution in [-0.2, 0) is 9.59 Å². The van der Waals surface area contributed by atoms with Crippen molar-refractivity contribution in [3.05, 3.63) is 70.9 Å². The Morgan fingerprint density at radius 3 is 2.55 bits per heavy atom. The molecular weight excluding hydrogens is 394 g/mol. The van der Waals surface area contributed by atoms with Crippen molar-refractivity contribution in [3.63, 3.8) is 0 Å². The lowest BCUT2D eigenvalue weighted by Gasteiger charge is -2.26. The van der Waals surface area contributed by atoms with Gasteiger partial charge in [0.15, 0.2) is 5.76 Å². The Kier molecular flexibility index (Phi) is 5.32. The van der Waals surface area contributed by atoms with E-state index in [1.54, 1.807) is 42.0 Å². The van der Waals surface area contributed by atoms with Crippen LogP contribution in [0.25, 0.3) is 11.4 Å². The van der Waals surface area contributed by atoms with Gasteiger partial charge in [-0.15, -0.1) is 0 Å². The number of aryl methyl sites for hydroxylation is 2. The number of imidazole rings is 1. The maximum atomic E-state index is 13.1. The molecule has 0 spiro atoms. The number of hydrogen-bond acceptors (Lipinski definition) is 6. The fraction of sp³-hybridized carbons (Fsp3) is 0.304. The van der Waals surface area contributed by atoms with Crippen LogP contribution >= 0.6 is 0 Å². The largest absolute Gasteiger partial charge is 0.505 e. The summed E-state index contributed by atoms with van der Waals surface area (Å²) in [6.45, 7) is 4.66. The van der Waals surface area contributed by atoms with E-state index in [2.05, 4.69) is 9.97 Å². The third-order valence-electron chi connectivity index (χ3n) is 5.59. The number of fused-ring (bicyclic) bond motifs is 1. The van der Waals surface area contributed by atoms with Crippen molar-refractivity contribution >= 4 is 23.1 Å². The summed E-state index contributed by atoms with van der Waals surface area (Å²) in [6, 6.07) is 6.62. The van der Waals surface area contributed by atoms with Gasteiger partial charge in [-0.3, -0.25) is 19.0 Å². The first-order chi connectivity index (χ1) is 14.8. The highest BCUT2D eigenvalue weighted by molar-refractivity contribution is 6.46. The SMILES string of the molecule is Cc1nc2c(C)cccn2c1C(O)=C1C(=O)C(=O)N(CCN(C)C)[C@@H]1c1ccncc1. The van der Waals surface area contributed by atoms with Crippen LogP contribution in [-0.4, -0.2) is 68.2 Å². The molecule has 8 heteroatoms. The third-order valence-corrected chi connectivity index (χ3v) is 5.59. The van der Waals surface area contributed by atoms with E-state index in [0.717, 1.165) is 11.1 Å². The van der Waals surface area contributed by atoms with E-state index in [9.17, 15) is 14.7 Å². The minimum atomic E-state index is -0.697. The standard InChI is InChI=1S/C23H25N5O3/c1-14-6-5-11-27-18(15(2)25-22(14)27)20(29)17-19(16-7-9-24-10-8-16)28(13-12-26(3)4)23(31)21(17)30/h5-11,19,29H,12-13H2,1-4H3/t19-/m1/s1. The summed E-state index contributed by atoms with van der Waals surface area (Å²) in [5.41, 5.74) is 3.44. The smallest absolute Gasteiger partial charge is 0.295 e. The highest BCUT2D eigenvalue weighted by atomic mass is 16.3. The molecule has 0 unspecified atom stereocenters. The lowest BCUT2D eigenvalue weighted by molar-refractivity contribution is -0.140. The molecule has 4 rings (SSSR count). The fourth-order valence-corrected chi connectivity index (χ4v) is 4.04. The van der Waals surface area contributed by atoms with Gasteiger partial charge < -0.3 is 14.9 Å². The summed E-state index contributed by atoms with van der Waals surface area (Å²) in [4.78, 5) is 38.2. The maximum absolute atomic E-state index is 13.1. The number of amides is 1. The molecule has 1 aliphatic heterocycles. The second-order valence-corrected chi connectivity index (χ2v) is 8.01. The number of aromatic nitrogens is 3. The van der Waals surface area contributed by atoms with Gasteiger partial charge in [0, 0.05) is 31.7 Å². The Hall–Kier alpha value is -3.52. The zero-order valence-electron chi connectivity index (χ0n) is 18.0. The van der Waals surface area contributed by atoms with Gasteiger partial charge in [-0.25, -0.2) is 4.98 Å². The van der Waals surface area contributed by atoms with Crippen molar-refractivity contribution in [3.8, 4) is 0 Å². The van der Waals surface area contributed by atoms with Gasteiger partial charge in [0.2, 0.25) is 0 Å². The molecule has 3 aromatic rings. The first-order valence-corrected chi connectivity index (χ1v) is 10.1. The lowest BCUT2D eigenvalue weighted by Crippen LogP contribution is -2.35. The Balaban J connectivity index is 1.94. The molecule has 0 bridgehead atoms. The molecule has 1 amide bonds. The maximum Gasteiger partial charge on any atom is 0.295 e. The molecule has 4 heterocycles. The Morgan fingerprint density at radius 2 is 1.87 bits per heavy atom. The number of pyridine rings is 2. The molecule has 1 fully saturated rings. The molecular formula is C23H25N5O3. The number of carbonyl (C=O) groups is 2. The van der Waals surface area contributed by atoms with Crippen LogP contribution in [0.15, 0.2) is 48.4 Å².